The second-order valence-electron chi connectivity index (χ2n) is 9.94. The lowest BCUT2D eigenvalue weighted by Crippen LogP contribution is -2.47. The van der Waals surface area contributed by atoms with Crippen LogP contribution in [0.15, 0.2) is 48.5 Å². The van der Waals surface area contributed by atoms with Crippen LogP contribution in [0.5, 0.6) is 5.75 Å². The van der Waals surface area contributed by atoms with Gasteiger partial charge in [-0.15, -0.1) is 0 Å². The number of rotatable bonds is 7. The zero-order valence-corrected chi connectivity index (χ0v) is 20.5. The second-order valence-corrected chi connectivity index (χ2v) is 9.94. The largest absolute Gasteiger partial charge is 0.487 e. The van der Waals surface area contributed by atoms with E-state index < -0.39 is 6.10 Å². The number of amides is 2. The summed E-state index contributed by atoms with van der Waals surface area (Å²) in [7, 11) is 0. The van der Waals surface area contributed by atoms with Gasteiger partial charge in [-0.05, 0) is 49.9 Å². The van der Waals surface area contributed by atoms with Gasteiger partial charge >= 0.3 is 0 Å². The molecule has 5 rings (SSSR count). The molecular formula is C28H34N2O6. The van der Waals surface area contributed by atoms with Gasteiger partial charge in [0, 0.05) is 36.3 Å². The van der Waals surface area contributed by atoms with E-state index in [2.05, 4.69) is 10.6 Å². The van der Waals surface area contributed by atoms with Crippen LogP contribution < -0.4 is 15.4 Å². The topological polar surface area (TPSA) is 106 Å². The Hall–Kier alpha value is -2.94. The maximum atomic E-state index is 12.8. The molecule has 3 aliphatic heterocycles. The molecule has 8 heteroatoms. The van der Waals surface area contributed by atoms with Gasteiger partial charge in [0.15, 0.2) is 0 Å². The smallest absolute Gasteiger partial charge is 0.227 e. The Labute approximate surface area is 211 Å². The highest BCUT2D eigenvalue weighted by atomic mass is 16.6. The van der Waals surface area contributed by atoms with E-state index in [1.807, 2.05) is 55.5 Å². The molecule has 2 fully saturated rings. The van der Waals surface area contributed by atoms with Crippen LogP contribution in [-0.2, 0) is 19.1 Å². The number of carbonyl (C=O) groups excluding carboxylic acids is 2. The minimum absolute atomic E-state index is 0.0102. The number of ether oxygens (including phenoxy) is 3. The monoisotopic (exact) mass is 494 g/mol. The standard InChI is InChI=1S/C28H34N2O6/c1-17(18-5-3-2-4-6-18)29-26(32)15-21-14-23-22-13-20(30-28(33)19-9-11-34-12-10-19)7-8-24(22)36-27(23)25(16-31)35-21/h2-8,13,17,19,21,23,25,27,31H,9-12,14-16H2,1H3,(H,29,32)(H,30,33)/t17-,21-,23+,25-,27-/m1/s1. The summed E-state index contributed by atoms with van der Waals surface area (Å²) in [6, 6.07) is 15.4. The number of anilines is 1. The Bertz CT molecular complexity index is 1070. The summed E-state index contributed by atoms with van der Waals surface area (Å²) in [5.74, 6) is 0.576. The molecule has 0 aromatic heterocycles. The number of hydrogen-bond acceptors (Lipinski definition) is 6. The second kappa shape index (κ2) is 11.0. The number of nitrogens with one attached hydrogen (secondary N) is 2. The Morgan fingerprint density at radius 3 is 2.64 bits per heavy atom. The molecule has 2 amide bonds. The molecule has 5 atom stereocenters. The zero-order chi connectivity index (χ0) is 25.1. The third-order valence-electron chi connectivity index (χ3n) is 7.45. The summed E-state index contributed by atoms with van der Waals surface area (Å²) < 4.78 is 17.6. The average Bonchev–Trinajstić information content (AvgIpc) is 3.27. The van der Waals surface area contributed by atoms with Crippen LogP contribution in [0.25, 0.3) is 0 Å². The van der Waals surface area contributed by atoms with E-state index in [1.54, 1.807) is 0 Å². The lowest BCUT2D eigenvalue weighted by atomic mass is 9.84. The number of carbonyl (C=O) groups is 2. The van der Waals surface area contributed by atoms with Gasteiger partial charge in [-0.25, -0.2) is 0 Å². The van der Waals surface area contributed by atoms with E-state index in [4.69, 9.17) is 14.2 Å². The predicted octanol–water partition coefficient (Wildman–Crippen LogP) is 3.31. The van der Waals surface area contributed by atoms with Crippen molar-refractivity contribution in [3.8, 4) is 5.75 Å². The number of hydrogen-bond donors (Lipinski definition) is 3. The number of aliphatic hydroxyl groups excluding tert-OH is 1. The average molecular weight is 495 g/mol. The van der Waals surface area contributed by atoms with Crippen LogP contribution in [0, 0.1) is 5.92 Å². The molecule has 36 heavy (non-hydrogen) atoms. The summed E-state index contributed by atoms with van der Waals surface area (Å²) in [5.41, 5.74) is 2.75. The number of aliphatic hydroxyl groups is 1. The minimum atomic E-state index is -0.527. The van der Waals surface area contributed by atoms with Crippen LogP contribution in [0.3, 0.4) is 0 Å². The molecule has 2 aromatic rings. The highest BCUT2D eigenvalue weighted by molar-refractivity contribution is 5.92. The fourth-order valence-electron chi connectivity index (χ4n) is 5.50. The molecule has 0 spiro atoms. The molecule has 0 bridgehead atoms. The van der Waals surface area contributed by atoms with Gasteiger partial charge in [0.05, 0.1) is 25.2 Å². The van der Waals surface area contributed by atoms with E-state index >= 15 is 0 Å². The normalized spacial score (nSPS) is 26.3. The van der Waals surface area contributed by atoms with E-state index in [9.17, 15) is 14.7 Å². The maximum absolute atomic E-state index is 12.8. The third kappa shape index (κ3) is 5.40. The molecular weight excluding hydrogens is 460 g/mol. The van der Waals surface area contributed by atoms with Crippen molar-refractivity contribution in [3.63, 3.8) is 0 Å². The summed E-state index contributed by atoms with van der Waals surface area (Å²) >= 11 is 0. The summed E-state index contributed by atoms with van der Waals surface area (Å²) in [6.07, 6.45) is 1.06. The van der Waals surface area contributed by atoms with Gasteiger partial charge in [-0.2, -0.15) is 0 Å². The molecule has 0 unspecified atom stereocenters. The fourth-order valence-corrected chi connectivity index (χ4v) is 5.50. The number of benzene rings is 2. The Morgan fingerprint density at radius 2 is 1.89 bits per heavy atom. The van der Waals surface area contributed by atoms with E-state index in [0.29, 0.717) is 19.6 Å². The van der Waals surface area contributed by atoms with Crippen molar-refractivity contribution < 1.29 is 28.9 Å². The highest BCUT2D eigenvalue weighted by Gasteiger charge is 2.46. The Morgan fingerprint density at radius 1 is 1.11 bits per heavy atom. The molecule has 3 N–H and O–H groups in total. The molecule has 2 saturated heterocycles. The van der Waals surface area contributed by atoms with Crippen LogP contribution in [-0.4, -0.2) is 55.1 Å². The van der Waals surface area contributed by atoms with Crippen LogP contribution in [0.2, 0.25) is 0 Å². The van der Waals surface area contributed by atoms with Gasteiger partial charge in [0.2, 0.25) is 11.8 Å². The quantitative estimate of drug-likeness (QED) is 0.545. The lowest BCUT2D eigenvalue weighted by molar-refractivity contribution is -0.142. The molecule has 0 radical (unpaired) electrons. The van der Waals surface area contributed by atoms with Crippen LogP contribution in [0.1, 0.15) is 55.7 Å². The molecule has 3 heterocycles. The van der Waals surface area contributed by atoms with E-state index in [-0.39, 0.29) is 54.9 Å². The Balaban J connectivity index is 1.25. The summed E-state index contributed by atoms with van der Waals surface area (Å²) in [6.45, 7) is 2.99. The van der Waals surface area contributed by atoms with E-state index in [1.165, 1.54) is 0 Å². The predicted molar refractivity (Wildman–Crippen MR) is 134 cm³/mol. The molecule has 3 aliphatic rings. The van der Waals surface area contributed by atoms with Gasteiger partial charge < -0.3 is 30.0 Å². The minimum Gasteiger partial charge on any atom is -0.487 e. The fraction of sp³-hybridized carbons (Fsp3) is 0.500. The zero-order valence-electron chi connectivity index (χ0n) is 20.5. The van der Waals surface area contributed by atoms with Gasteiger partial charge in [-0.1, -0.05) is 30.3 Å². The molecule has 8 nitrogen and oxygen atoms in total. The van der Waals surface area contributed by atoms with Crippen LogP contribution >= 0.6 is 0 Å². The first-order valence-corrected chi connectivity index (χ1v) is 12.8. The van der Waals surface area contributed by atoms with Crippen molar-refractivity contribution >= 4 is 17.5 Å². The Kier molecular flexibility index (Phi) is 7.55. The van der Waals surface area contributed by atoms with Crippen molar-refractivity contribution in [2.75, 3.05) is 25.1 Å². The van der Waals surface area contributed by atoms with E-state index in [0.717, 1.165) is 35.4 Å². The van der Waals surface area contributed by atoms with Crippen molar-refractivity contribution in [1.82, 2.24) is 5.32 Å². The highest BCUT2D eigenvalue weighted by Crippen LogP contribution is 2.47. The van der Waals surface area contributed by atoms with Gasteiger partial charge in [-0.3, -0.25) is 9.59 Å². The summed E-state index contributed by atoms with van der Waals surface area (Å²) in [5, 5.41) is 16.1. The number of fused-ring (bicyclic) bond motifs is 3. The molecule has 0 aliphatic carbocycles. The van der Waals surface area contributed by atoms with Crippen molar-refractivity contribution in [3.05, 3.63) is 59.7 Å². The molecule has 0 saturated carbocycles. The first-order valence-electron chi connectivity index (χ1n) is 12.8. The first kappa shape index (κ1) is 24.7. The summed E-state index contributed by atoms with van der Waals surface area (Å²) in [4.78, 5) is 25.5. The van der Waals surface area contributed by atoms with Gasteiger partial charge in [0.1, 0.15) is 18.0 Å². The lowest BCUT2D eigenvalue weighted by Gasteiger charge is -2.37. The van der Waals surface area contributed by atoms with Crippen LogP contribution in [0.4, 0.5) is 5.69 Å². The van der Waals surface area contributed by atoms with Crippen molar-refractivity contribution in [2.45, 2.75) is 62.9 Å². The van der Waals surface area contributed by atoms with Crippen molar-refractivity contribution in [2.24, 2.45) is 5.92 Å². The molecule has 192 valence electrons. The van der Waals surface area contributed by atoms with Gasteiger partial charge in [0.25, 0.3) is 0 Å². The SMILES string of the molecule is C[C@@H](NC(=O)C[C@H]1C[C@H]2c3cc(NC(=O)C4CCOCC4)ccc3O[C@H]2[C@@H](CO)O1)c1ccccc1. The third-order valence-corrected chi connectivity index (χ3v) is 7.45. The first-order chi connectivity index (χ1) is 17.5. The molecule has 2 aromatic carbocycles. The maximum Gasteiger partial charge on any atom is 0.227 e. The van der Waals surface area contributed by atoms with Crippen molar-refractivity contribution in [1.29, 1.82) is 0 Å².